The van der Waals surface area contributed by atoms with Crippen molar-refractivity contribution in [2.45, 2.75) is 51.9 Å². The minimum atomic E-state index is 0. The zero-order valence-electron chi connectivity index (χ0n) is 14.5. The third-order valence-electron chi connectivity index (χ3n) is 5.49. The summed E-state index contributed by atoms with van der Waals surface area (Å²) in [6.45, 7) is 8.09. The average Bonchev–Trinajstić information content (AvgIpc) is 3.18. The molecule has 2 heterocycles. The van der Waals surface area contributed by atoms with E-state index in [9.17, 15) is 0 Å². The van der Waals surface area contributed by atoms with Crippen LogP contribution in [0.25, 0.3) is 0 Å². The molecule has 3 rings (SSSR count). The normalized spacial score (nSPS) is 23.8. The maximum atomic E-state index is 5.37. The topological polar surface area (TPSA) is 36.9 Å². The molecule has 0 bridgehead atoms. The Labute approximate surface area is 158 Å². The Bertz CT molecular complexity index is 430. The summed E-state index contributed by atoms with van der Waals surface area (Å²) in [5, 5.41) is 3.50. The molecular weight excluding hydrogens is 401 g/mol. The highest BCUT2D eigenvalue weighted by atomic mass is 127. The maximum absolute atomic E-state index is 5.37. The van der Waals surface area contributed by atoms with E-state index in [1.165, 1.54) is 50.8 Å². The molecule has 0 amide bonds. The fourth-order valence-electron chi connectivity index (χ4n) is 4.17. The molecule has 1 saturated heterocycles. The minimum Gasteiger partial charge on any atom is -0.377 e. The Morgan fingerprint density at radius 3 is 2.87 bits per heavy atom. The van der Waals surface area contributed by atoms with Crippen LogP contribution in [0.15, 0.2) is 16.6 Å². The number of hydrogen-bond donors (Lipinski definition) is 1. The van der Waals surface area contributed by atoms with Gasteiger partial charge in [-0.25, -0.2) is 0 Å². The molecule has 2 aliphatic heterocycles. The zero-order chi connectivity index (χ0) is 15.3. The number of guanidine groups is 1. The molecule has 1 spiro atoms. The molecular formula is C18H32IN3O. The summed E-state index contributed by atoms with van der Waals surface area (Å²) in [5.41, 5.74) is 2.12. The molecule has 0 atom stereocenters. The van der Waals surface area contributed by atoms with Crippen molar-refractivity contribution in [3.63, 3.8) is 0 Å². The van der Waals surface area contributed by atoms with Crippen molar-refractivity contribution >= 4 is 29.9 Å². The van der Waals surface area contributed by atoms with Crippen molar-refractivity contribution in [1.29, 1.82) is 0 Å². The van der Waals surface area contributed by atoms with Gasteiger partial charge in [-0.15, -0.1) is 24.0 Å². The summed E-state index contributed by atoms with van der Waals surface area (Å²) in [4.78, 5) is 7.40. The molecule has 23 heavy (non-hydrogen) atoms. The second kappa shape index (κ2) is 9.25. The second-order valence-corrected chi connectivity index (χ2v) is 7.05. The van der Waals surface area contributed by atoms with E-state index in [4.69, 9.17) is 9.73 Å². The number of likely N-dealkylation sites (tertiary alicyclic amines) is 1. The van der Waals surface area contributed by atoms with Crippen molar-refractivity contribution in [3.8, 4) is 0 Å². The molecule has 132 valence electrons. The summed E-state index contributed by atoms with van der Waals surface area (Å²) in [6, 6.07) is 0. The van der Waals surface area contributed by atoms with Gasteiger partial charge in [-0.3, -0.25) is 4.99 Å². The number of ether oxygens (including phenoxy) is 1. The van der Waals surface area contributed by atoms with Crippen LogP contribution in [0.1, 0.15) is 51.9 Å². The number of rotatable bonds is 4. The first-order valence-electron chi connectivity index (χ1n) is 9.10. The molecule has 0 unspecified atom stereocenters. The van der Waals surface area contributed by atoms with Crippen molar-refractivity contribution in [2.75, 3.05) is 39.4 Å². The molecule has 0 aromatic heterocycles. The van der Waals surface area contributed by atoms with Gasteiger partial charge in [0.25, 0.3) is 0 Å². The van der Waals surface area contributed by atoms with E-state index in [0.29, 0.717) is 5.41 Å². The predicted octanol–water partition coefficient (Wildman–Crippen LogP) is 3.57. The lowest BCUT2D eigenvalue weighted by molar-refractivity contribution is 0.153. The van der Waals surface area contributed by atoms with Crippen LogP contribution in [0, 0.1) is 5.41 Å². The first-order chi connectivity index (χ1) is 10.8. The molecule has 5 heteroatoms. The largest absolute Gasteiger partial charge is 0.377 e. The van der Waals surface area contributed by atoms with Gasteiger partial charge in [-0.2, -0.15) is 0 Å². The van der Waals surface area contributed by atoms with E-state index in [-0.39, 0.29) is 24.0 Å². The SMILES string of the molecule is CCNC(=NCCC1=CCOCC1)N1CCC2(CCCC2)C1.I. The van der Waals surface area contributed by atoms with Gasteiger partial charge < -0.3 is 15.0 Å². The Balaban J connectivity index is 0.00000192. The van der Waals surface area contributed by atoms with Crippen molar-refractivity contribution in [1.82, 2.24) is 10.2 Å². The smallest absolute Gasteiger partial charge is 0.193 e. The molecule has 1 saturated carbocycles. The van der Waals surface area contributed by atoms with E-state index in [1.54, 1.807) is 0 Å². The van der Waals surface area contributed by atoms with Gasteiger partial charge in [-0.05, 0) is 44.4 Å². The lowest BCUT2D eigenvalue weighted by atomic mass is 9.86. The average molecular weight is 433 g/mol. The van der Waals surface area contributed by atoms with Crippen LogP contribution in [-0.2, 0) is 4.74 Å². The number of aliphatic imine (C=N–C) groups is 1. The fraction of sp³-hybridized carbons (Fsp3) is 0.833. The second-order valence-electron chi connectivity index (χ2n) is 7.05. The van der Waals surface area contributed by atoms with Gasteiger partial charge in [0.2, 0.25) is 0 Å². The quantitative estimate of drug-likeness (QED) is 0.319. The molecule has 4 nitrogen and oxygen atoms in total. The molecule has 1 N–H and O–H groups in total. The summed E-state index contributed by atoms with van der Waals surface area (Å²) < 4.78 is 5.37. The van der Waals surface area contributed by atoms with Gasteiger partial charge >= 0.3 is 0 Å². The molecule has 1 aliphatic carbocycles. The fourth-order valence-corrected chi connectivity index (χ4v) is 4.17. The van der Waals surface area contributed by atoms with E-state index in [0.717, 1.165) is 45.1 Å². The maximum Gasteiger partial charge on any atom is 0.193 e. The van der Waals surface area contributed by atoms with Crippen LogP contribution in [0.3, 0.4) is 0 Å². The first-order valence-corrected chi connectivity index (χ1v) is 9.10. The van der Waals surface area contributed by atoms with Crippen LogP contribution >= 0.6 is 24.0 Å². The lowest BCUT2D eigenvalue weighted by Gasteiger charge is -2.26. The highest BCUT2D eigenvalue weighted by Crippen LogP contribution is 2.45. The van der Waals surface area contributed by atoms with Crippen molar-refractivity contribution < 1.29 is 4.74 Å². The van der Waals surface area contributed by atoms with Crippen LogP contribution < -0.4 is 5.32 Å². The van der Waals surface area contributed by atoms with Crippen LogP contribution in [0.4, 0.5) is 0 Å². The monoisotopic (exact) mass is 433 g/mol. The Morgan fingerprint density at radius 2 is 2.17 bits per heavy atom. The van der Waals surface area contributed by atoms with Gasteiger partial charge in [0, 0.05) is 26.2 Å². The molecule has 3 aliphatic rings. The van der Waals surface area contributed by atoms with Gasteiger partial charge in [0.05, 0.1) is 13.2 Å². The third kappa shape index (κ3) is 5.08. The molecule has 0 aromatic carbocycles. The Kier molecular flexibility index (Phi) is 7.66. The highest BCUT2D eigenvalue weighted by Gasteiger charge is 2.41. The molecule has 2 fully saturated rings. The number of halogens is 1. The molecule has 0 radical (unpaired) electrons. The van der Waals surface area contributed by atoms with Crippen molar-refractivity contribution in [2.24, 2.45) is 10.4 Å². The summed E-state index contributed by atoms with van der Waals surface area (Å²) in [5.74, 6) is 1.14. The van der Waals surface area contributed by atoms with Crippen LogP contribution in [0.5, 0.6) is 0 Å². The summed E-state index contributed by atoms with van der Waals surface area (Å²) in [6.07, 6.45) is 11.5. The van der Waals surface area contributed by atoms with E-state index < -0.39 is 0 Å². The number of nitrogens with zero attached hydrogens (tertiary/aromatic N) is 2. The Hall–Kier alpha value is -0.300. The van der Waals surface area contributed by atoms with Crippen LogP contribution in [0.2, 0.25) is 0 Å². The van der Waals surface area contributed by atoms with Crippen LogP contribution in [-0.4, -0.2) is 50.3 Å². The van der Waals surface area contributed by atoms with E-state index >= 15 is 0 Å². The summed E-state index contributed by atoms with van der Waals surface area (Å²) >= 11 is 0. The highest BCUT2D eigenvalue weighted by molar-refractivity contribution is 14.0. The molecule has 0 aromatic rings. The lowest BCUT2D eigenvalue weighted by Crippen LogP contribution is -2.41. The van der Waals surface area contributed by atoms with E-state index in [1.807, 2.05) is 0 Å². The first kappa shape index (κ1) is 19.0. The van der Waals surface area contributed by atoms with Gasteiger partial charge in [0.15, 0.2) is 5.96 Å². The van der Waals surface area contributed by atoms with Crippen molar-refractivity contribution in [3.05, 3.63) is 11.6 Å². The summed E-state index contributed by atoms with van der Waals surface area (Å²) in [7, 11) is 0. The number of nitrogens with one attached hydrogen (secondary N) is 1. The standard InChI is InChI=1S/C18H31N3O.HI/c1-2-19-17(20-11-5-16-6-13-22-14-7-16)21-12-10-18(15-21)8-3-4-9-18;/h6H,2-5,7-15H2,1H3,(H,19,20);1H. The van der Waals surface area contributed by atoms with Gasteiger partial charge in [-0.1, -0.05) is 24.5 Å². The third-order valence-corrected chi connectivity index (χ3v) is 5.49. The van der Waals surface area contributed by atoms with Gasteiger partial charge in [0.1, 0.15) is 0 Å². The zero-order valence-corrected chi connectivity index (χ0v) is 16.8. The predicted molar refractivity (Wildman–Crippen MR) is 107 cm³/mol. The number of hydrogen-bond acceptors (Lipinski definition) is 2. The van der Waals surface area contributed by atoms with E-state index in [2.05, 4.69) is 23.2 Å². The Morgan fingerprint density at radius 1 is 1.35 bits per heavy atom. The minimum absolute atomic E-state index is 0.